The third-order valence-electron chi connectivity index (χ3n) is 3.36. The van der Waals surface area contributed by atoms with Crippen LogP contribution in [0.4, 0.5) is 4.39 Å². The maximum Gasteiger partial charge on any atom is 0.123 e. The van der Waals surface area contributed by atoms with Crippen LogP contribution in [-0.4, -0.2) is 12.7 Å². The Kier molecular flexibility index (Phi) is 4.51. The predicted molar refractivity (Wildman–Crippen MR) is 66.2 cm³/mol. The van der Waals surface area contributed by atoms with Gasteiger partial charge in [0, 0.05) is 0 Å². The van der Waals surface area contributed by atoms with E-state index in [1.165, 1.54) is 31.4 Å². The van der Waals surface area contributed by atoms with Gasteiger partial charge in [0.25, 0.3) is 0 Å². The Morgan fingerprint density at radius 3 is 2.47 bits per heavy atom. The fourth-order valence-corrected chi connectivity index (χ4v) is 2.28. The van der Waals surface area contributed by atoms with Crippen molar-refractivity contribution in [2.45, 2.75) is 44.2 Å². The Labute approximate surface area is 102 Å². The first-order valence-corrected chi connectivity index (χ1v) is 6.38. The van der Waals surface area contributed by atoms with Crippen LogP contribution in [0, 0.1) is 5.82 Å². The fraction of sp³-hybridized carbons (Fsp3) is 0.571. The molecule has 1 aliphatic carbocycles. The molecule has 1 unspecified atom stereocenters. The summed E-state index contributed by atoms with van der Waals surface area (Å²) in [5, 5.41) is 0. The minimum atomic E-state index is -0.228. The lowest BCUT2D eigenvalue weighted by atomic mass is 9.98. The number of benzene rings is 1. The summed E-state index contributed by atoms with van der Waals surface area (Å²) < 4.78 is 18.6. The molecule has 1 saturated carbocycles. The lowest BCUT2D eigenvalue weighted by Gasteiger charge is -2.23. The molecule has 3 heteroatoms. The molecule has 0 radical (unpaired) electrons. The van der Waals surface area contributed by atoms with Crippen molar-refractivity contribution in [2.24, 2.45) is 5.73 Å². The molecule has 0 heterocycles. The summed E-state index contributed by atoms with van der Waals surface area (Å²) in [7, 11) is 0. The Hall–Kier alpha value is -0.930. The van der Waals surface area contributed by atoms with E-state index in [9.17, 15) is 4.39 Å². The number of hydrogen-bond donors (Lipinski definition) is 1. The Balaban J connectivity index is 1.80. The van der Waals surface area contributed by atoms with Gasteiger partial charge in [0.2, 0.25) is 0 Å². The van der Waals surface area contributed by atoms with Crippen molar-refractivity contribution in [2.75, 3.05) is 6.61 Å². The van der Waals surface area contributed by atoms with E-state index in [0.29, 0.717) is 12.7 Å². The van der Waals surface area contributed by atoms with E-state index in [4.69, 9.17) is 10.5 Å². The fourth-order valence-electron chi connectivity index (χ4n) is 2.28. The molecule has 0 saturated heterocycles. The molecule has 0 spiro atoms. The number of nitrogens with two attached hydrogens (primary N) is 1. The second-order valence-electron chi connectivity index (χ2n) is 4.75. The smallest absolute Gasteiger partial charge is 0.123 e. The Morgan fingerprint density at radius 1 is 1.18 bits per heavy atom. The van der Waals surface area contributed by atoms with Crippen molar-refractivity contribution >= 4 is 0 Å². The number of halogens is 1. The van der Waals surface area contributed by atoms with E-state index < -0.39 is 0 Å². The van der Waals surface area contributed by atoms with Gasteiger partial charge in [-0.15, -0.1) is 0 Å². The van der Waals surface area contributed by atoms with Gasteiger partial charge in [-0.25, -0.2) is 4.39 Å². The van der Waals surface area contributed by atoms with Crippen molar-refractivity contribution in [3.8, 4) is 0 Å². The van der Waals surface area contributed by atoms with Crippen molar-refractivity contribution < 1.29 is 9.13 Å². The molecule has 0 aromatic heterocycles. The van der Waals surface area contributed by atoms with Gasteiger partial charge < -0.3 is 10.5 Å². The van der Waals surface area contributed by atoms with Crippen LogP contribution in [0.1, 0.15) is 43.7 Å². The van der Waals surface area contributed by atoms with E-state index in [2.05, 4.69) is 0 Å². The van der Waals surface area contributed by atoms with Crippen molar-refractivity contribution in [1.82, 2.24) is 0 Å². The highest BCUT2D eigenvalue weighted by atomic mass is 19.1. The summed E-state index contributed by atoms with van der Waals surface area (Å²) in [4.78, 5) is 0. The average Bonchev–Trinajstić information content (AvgIpc) is 2.38. The van der Waals surface area contributed by atoms with Gasteiger partial charge in [0.05, 0.1) is 18.8 Å². The molecule has 17 heavy (non-hydrogen) atoms. The van der Waals surface area contributed by atoms with Crippen LogP contribution in [0.25, 0.3) is 0 Å². The number of ether oxygens (including phenoxy) is 1. The molecule has 1 aromatic carbocycles. The van der Waals surface area contributed by atoms with Gasteiger partial charge in [-0.05, 0) is 30.5 Å². The molecule has 0 bridgehead atoms. The third kappa shape index (κ3) is 3.79. The first kappa shape index (κ1) is 12.5. The van der Waals surface area contributed by atoms with E-state index in [1.807, 2.05) is 0 Å². The lowest BCUT2D eigenvalue weighted by Crippen LogP contribution is -2.23. The molecule has 1 aromatic rings. The van der Waals surface area contributed by atoms with Gasteiger partial charge in [-0.1, -0.05) is 31.4 Å². The van der Waals surface area contributed by atoms with E-state index in [-0.39, 0.29) is 11.9 Å². The molecule has 2 N–H and O–H groups in total. The molecule has 0 aliphatic heterocycles. The van der Waals surface area contributed by atoms with Crippen LogP contribution in [0.3, 0.4) is 0 Å². The zero-order valence-corrected chi connectivity index (χ0v) is 10.1. The average molecular weight is 237 g/mol. The molecule has 94 valence electrons. The van der Waals surface area contributed by atoms with Gasteiger partial charge in [0.1, 0.15) is 5.82 Å². The van der Waals surface area contributed by atoms with Crippen LogP contribution < -0.4 is 5.73 Å². The summed E-state index contributed by atoms with van der Waals surface area (Å²) in [6.07, 6.45) is 6.51. The molecular formula is C14H20FNO. The largest absolute Gasteiger partial charge is 0.376 e. The van der Waals surface area contributed by atoms with E-state index >= 15 is 0 Å². The van der Waals surface area contributed by atoms with Crippen LogP contribution in [0.15, 0.2) is 24.3 Å². The van der Waals surface area contributed by atoms with Crippen molar-refractivity contribution in [1.29, 1.82) is 0 Å². The van der Waals surface area contributed by atoms with E-state index in [0.717, 1.165) is 18.4 Å². The maximum absolute atomic E-state index is 12.8. The monoisotopic (exact) mass is 237 g/mol. The standard InChI is InChI=1S/C14H20FNO/c15-12-8-6-11(7-9-12)14(16)10-17-13-4-2-1-3-5-13/h6-9,13-14H,1-5,10,16H2. The second kappa shape index (κ2) is 6.12. The van der Waals surface area contributed by atoms with Crippen molar-refractivity contribution in [3.05, 3.63) is 35.6 Å². The van der Waals surface area contributed by atoms with Crippen LogP contribution in [0.5, 0.6) is 0 Å². The molecule has 2 nitrogen and oxygen atoms in total. The van der Waals surface area contributed by atoms with E-state index in [1.54, 1.807) is 12.1 Å². The zero-order chi connectivity index (χ0) is 12.1. The van der Waals surface area contributed by atoms with Crippen LogP contribution >= 0.6 is 0 Å². The summed E-state index contributed by atoms with van der Waals surface area (Å²) in [5.41, 5.74) is 6.95. The highest BCUT2D eigenvalue weighted by Gasteiger charge is 2.15. The Bertz CT molecular complexity index is 333. The van der Waals surface area contributed by atoms with Crippen LogP contribution in [-0.2, 0) is 4.74 Å². The zero-order valence-electron chi connectivity index (χ0n) is 10.1. The molecule has 1 aliphatic rings. The Morgan fingerprint density at radius 2 is 1.82 bits per heavy atom. The van der Waals surface area contributed by atoms with Gasteiger partial charge in [-0.3, -0.25) is 0 Å². The van der Waals surface area contributed by atoms with Crippen LogP contribution in [0.2, 0.25) is 0 Å². The SMILES string of the molecule is NC(COC1CCCCC1)c1ccc(F)cc1. The molecule has 0 amide bonds. The molecular weight excluding hydrogens is 217 g/mol. The third-order valence-corrected chi connectivity index (χ3v) is 3.36. The molecule has 1 fully saturated rings. The predicted octanol–water partition coefficient (Wildman–Crippen LogP) is 3.17. The maximum atomic E-state index is 12.8. The summed E-state index contributed by atoms with van der Waals surface area (Å²) >= 11 is 0. The highest BCUT2D eigenvalue weighted by molar-refractivity contribution is 5.19. The van der Waals surface area contributed by atoms with Gasteiger partial charge >= 0.3 is 0 Å². The van der Waals surface area contributed by atoms with Crippen molar-refractivity contribution in [3.63, 3.8) is 0 Å². The van der Waals surface area contributed by atoms with Gasteiger partial charge in [-0.2, -0.15) is 0 Å². The molecule has 1 atom stereocenters. The summed E-state index contributed by atoms with van der Waals surface area (Å²) in [5.74, 6) is -0.228. The number of hydrogen-bond acceptors (Lipinski definition) is 2. The summed E-state index contributed by atoms with van der Waals surface area (Å²) in [6.45, 7) is 0.524. The summed E-state index contributed by atoms with van der Waals surface area (Å²) in [6, 6.07) is 6.18. The second-order valence-corrected chi connectivity index (χ2v) is 4.75. The van der Waals surface area contributed by atoms with Gasteiger partial charge in [0.15, 0.2) is 0 Å². The highest BCUT2D eigenvalue weighted by Crippen LogP contribution is 2.21. The lowest BCUT2D eigenvalue weighted by molar-refractivity contribution is 0.0206. The minimum absolute atomic E-state index is 0.155. The quantitative estimate of drug-likeness (QED) is 0.873. The topological polar surface area (TPSA) is 35.2 Å². The molecule has 2 rings (SSSR count). The number of rotatable bonds is 4. The first-order chi connectivity index (χ1) is 8.25. The first-order valence-electron chi connectivity index (χ1n) is 6.38. The normalized spacial score (nSPS) is 19.2. The minimum Gasteiger partial charge on any atom is -0.376 e.